The van der Waals surface area contributed by atoms with Gasteiger partial charge in [0.1, 0.15) is 6.61 Å². The highest BCUT2D eigenvalue weighted by Crippen LogP contribution is 2.36. The van der Waals surface area contributed by atoms with E-state index in [0.29, 0.717) is 19.4 Å². The molecular weight excluding hydrogens is 386 g/mol. The van der Waals surface area contributed by atoms with Crippen LogP contribution in [0.3, 0.4) is 0 Å². The average Bonchev–Trinajstić information content (AvgIpc) is 3.00. The summed E-state index contributed by atoms with van der Waals surface area (Å²) >= 11 is 0. The average molecular weight is 422 g/mol. The number of rotatable bonds is 8. The van der Waals surface area contributed by atoms with E-state index in [9.17, 15) is 14.7 Å². The number of hydrogen-bond acceptors (Lipinski definition) is 5. The van der Waals surface area contributed by atoms with E-state index in [0.717, 1.165) is 5.56 Å². The summed E-state index contributed by atoms with van der Waals surface area (Å²) in [7, 11) is -1.91. The van der Waals surface area contributed by atoms with Crippen LogP contribution < -0.4 is 0 Å². The molecule has 2 amide bonds. The minimum atomic E-state index is -1.91. The Morgan fingerprint density at radius 2 is 1.93 bits per heavy atom. The first kappa shape index (κ1) is 23.6. The molecule has 0 aliphatic carbocycles. The predicted molar refractivity (Wildman–Crippen MR) is 115 cm³/mol. The number of benzene rings is 1. The molecule has 1 aliphatic rings. The quantitative estimate of drug-likeness (QED) is 0.643. The van der Waals surface area contributed by atoms with Crippen LogP contribution in [0.15, 0.2) is 30.3 Å². The first-order valence-electron chi connectivity index (χ1n) is 10.3. The lowest BCUT2D eigenvalue weighted by atomic mass is 9.99. The van der Waals surface area contributed by atoms with E-state index >= 15 is 0 Å². The zero-order chi connectivity index (χ0) is 21.8. The van der Waals surface area contributed by atoms with Gasteiger partial charge in [-0.05, 0) is 36.5 Å². The molecule has 1 fully saturated rings. The summed E-state index contributed by atoms with van der Waals surface area (Å²) in [6.45, 7) is 13.0. The molecule has 0 spiro atoms. The van der Waals surface area contributed by atoms with Crippen LogP contribution in [0.2, 0.25) is 18.1 Å². The van der Waals surface area contributed by atoms with Crippen molar-refractivity contribution in [1.82, 2.24) is 4.90 Å². The maximum Gasteiger partial charge on any atom is 0.416 e. The van der Waals surface area contributed by atoms with E-state index in [-0.39, 0.29) is 17.7 Å². The lowest BCUT2D eigenvalue weighted by molar-refractivity contribution is -0.136. The summed E-state index contributed by atoms with van der Waals surface area (Å²) in [5.74, 6) is -1.10. The number of carbonyl (C=O) groups is 2. The van der Waals surface area contributed by atoms with Crippen LogP contribution in [0.4, 0.5) is 4.79 Å². The van der Waals surface area contributed by atoms with Crippen molar-refractivity contribution in [2.24, 2.45) is 5.92 Å². The van der Waals surface area contributed by atoms with Gasteiger partial charge in [0, 0.05) is 6.61 Å². The molecule has 6 nitrogen and oxygen atoms in total. The molecule has 1 aliphatic heterocycles. The van der Waals surface area contributed by atoms with Crippen molar-refractivity contribution in [2.45, 2.75) is 70.8 Å². The number of amides is 2. The van der Waals surface area contributed by atoms with Gasteiger partial charge in [0.2, 0.25) is 5.91 Å². The Morgan fingerprint density at radius 1 is 1.31 bits per heavy atom. The second-order valence-corrected chi connectivity index (χ2v) is 14.2. The first-order valence-corrected chi connectivity index (χ1v) is 13.2. The van der Waals surface area contributed by atoms with Crippen LogP contribution >= 0.6 is 0 Å². The lowest BCUT2D eigenvalue weighted by Crippen LogP contribution is -2.46. The fourth-order valence-corrected chi connectivity index (χ4v) is 4.11. The maximum atomic E-state index is 13.0. The maximum absolute atomic E-state index is 13.0. The van der Waals surface area contributed by atoms with Gasteiger partial charge >= 0.3 is 6.09 Å². The number of aliphatic hydroxyl groups is 1. The van der Waals surface area contributed by atoms with Gasteiger partial charge in [0.25, 0.3) is 0 Å². The van der Waals surface area contributed by atoms with E-state index in [2.05, 4.69) is 33.9 Å². The molecule has 1 aromatic rings. The van der Waals surface area contributed by atoms with Crippen LogP contribution in [0.5, 0.6) is 0 Å². The smallest absolute Gasteiger partial charge is 0.416 e. The summed E-state index contributed by atoms with van der Waals surface area (Å²) in [5.41, 5.74) is 1.03. The molecule has 1 N–H and O–H groups in total. The van der Waals surface area contributed by atoms with Gasteiger partial charge in [-0.3, -0.25) is 4.79 Å². The molecule has 0 bridgehead atoms. The summed E-state index contributed by atoms with van der Waals surface area (Å²) in [6, 6.07) is 9.34. The number of imide groups is 1. The molecule has 1 heterocycles. The highest BCUT2D eigenvalue weighted by atomic mass is 28.4. The Hall–Kier alpha value is -1.70. The van der Waals surface area contributed by atoms with Crippen LogP contribution in [-0.4, -0.2) is 55.7 Å². The summed E-state index contributed by atoms with van der Waals surface area (Å²) in [5, 5.41) is 10.6. The van der Waals surface area contributed by atoms with Crippen LogP contribution in [0.1, 0.15) is 39.7 Å². The third kappa shape index (κ3) is 5.90. The highest BCUT2D eigenvalue weighted by Gasteiger charge is 2.41. The van der Waals surface area contributed by atoms with Crippen molar-refractivity contribution >= 4 is 20.3 Å². The molecule has 162 valence electrons. The Kier molecular flexibility index (Phi) is 7.65. The largest absolute Gasteiger partial charge is 0.447 e. The SMILES string of the molecule is C[C@@H](C(=O)N1C(=O)OC[C@H]1Cc1ccccc1)[C@@H](O)CCO[Si](C)(C)C(C)(C)C. The molecule has 7 heteroatoms. The van der Waals surface area contributed by atoms with Gasteiger partial charge in [0.05, 0.1) is 18.1 Å². The molecule has 0 unspecified atom stereocenters. The molecule has 1 aromatic carbocycles. The molecule has 29 heavy (non-hydrogen) atoms. The van der Waals surface area contributed by atoms with Crippen molar-refractivity contribution in [3.63, 3.8) is 0 Å². The molecule has 1 saturated heterocycles. The van der Waals surface area contributed by atoms with Gasteiger partial charge in [-0.1, -0.05) is 58.0 Å². The Bertz CT molecular complexity index is 701. The van der Waals surface area contributed by atoms with E-state index in [1.54, 1.807) is 6.92 Å². The zero-order valence-electron chi connectivity index (χ0n) is 18.5. The van der Waals surface area contributed by atoms with E-state index in [1.165, 1.54) is 4.90 Å². The third-order valence-electron chi connectivity index (χ3n) is 6.16. The number of nitrogens with zero attached hydrogens (tertiary/aromatic N) is 1. The number of cyclic esters (lactones) is 1. The second-order valence-electron chi connectivity index (χ2n) is 9.38. The molecule has 0 aromatic heterocycles. The van der Waals surface area contributed by atoms with Crippen molar-refractivity contribution in [3.05, 3.63) is 35.9 Å². The minimum absolute atomic E-state index is 0.0867. The number of ether oxygens (including phenoxy) is 1. The summed E-state index contributed by atoms with van der Waals surface area (Å²) in [6.07, 6.45) is -0.619. The molecule has 0 radical (unpaired) electrons. The van der Waals surface area contributed by atoms with Crippen molar-refractivity contribution in [2.75, 3.05) is 13.2 Å². The zero-order valence-corrected chi connectivity index (χ0v) is 19.5. The van der Waals surface area contributed by atoms with Crippen LogP contribution in [0.25, 0.3) is 0 Å². The molecule has 3 atom stereocenters. The standard InChI is InChI=1S/C22H35NO5Si/c1-16(19(24)12-13-28-29(5,6)22(2,3)4)20(25)23-18(15-27-21(23)26)14-17-10-8-7-9-11-17/h7-11,16,18-19,24H,12-15H2,1-6H3/t16-,18-,19+/m1/s1. The lowest BCUT2D eigenvalue weighted by Gasteiger charge is -2.36. The third-order valence-corrected chi connectivity index (χ3v) is 10.7. The van der Waals surface area contributed by atoms with Crippen LogP contribution in [-0.2, 0) is 20.4 Å². The van der Waals surface area contributed by atoms with Gasteiger partial charge in [-0.2, -0.15) is 0 Å². The van der Waals surface area contributed by atoms with E-state index in [4.69, 9.17) is 9.16 Å². The minimum Gasteiger partial charge on any atom is -0.447 e. The second kappa shape index (κ2) is 9.41. The highest BCUT2D eigenvalue weighted by molar-refractivity contribution is 6.74. The van der Waals surface area contributed by atoms with Crippen LogP contribution in [0, 0.1) is 5.92 Å². The number of hydrogen-bond donors (Lipinski definition) is 1. The number of aliphatic hydroxyl groups excluding tert-OH is 1. The molecule has 0 saturated carbocycles. The number of carbonyl (C=O) groups excluding carboxylic acids is 2. The van der Waals surface area contributed by atoms with Crippen molar-refractivity contribution in [3.8, 4) is 0 Å². The van der Waals surface area contributed by atoms with Gasteiger partial charge in [-0.25, -0.2) is 9.69 Å². The normalized spacial score (nSPS) is 19.8. The summed E-state index contributed by atoms with van der Waals surface area (Å²) < 4.78 is 11.2. The topological polar surface area (TPSA) is 76.1 Å². The monoisotopic (exact) mass is 421 g/mol. The Morgan fingerprint density at radius 3 is 2.52 bits per heavy atom. The van der Waals surface area contributed by atoms with E-state index in [1.807, 2.05) is 30.3 Å². The van der Waals surface area contributed by atoms with Gasteiger partial charge in [-0.15, -0.1) is 0 Å². The molecule has 2 rings (SSSR count). The predicted octanol–water partition coefficient (Wildman–Crippen LogP) is 3.99. The molecular formula is C22H35NO5Si. The van der Waals surface area contributed by atoms with Gasteiger partial charge in [0.15, 0.2) is 8.32 Å². The Labute approximate surface area is 175 Å². The van der Waals surface area contributed by atoms with Crippen molar-refractivity contribution in [1.29, 1.82) is 0 Å². The van der Waals surface area contributed by atoms with Gasteiger partial charge < -0.3 is 14.3 Å². The first-order chi connectivity index (χ1) is 13.4. The summed E-state index contributed by atoms with van der Waals surface area (Å²) in [4.78, 5) is 26.3. The fourth-order valence-electron chi connectivity index (χ4n) is 3.05. The fraction of sp³-hybridized carbons (Fsp3) is 0.636. The van der Waals surface area contributed by atoms with E-state index < -0.39 is 32.3 Å². The van der Waals surface area contributed by atoms with Crippen molar-refractivity contribution < 1.29 is 23.9 Å². The Balaban J connectivity index is 1.95.